The minimum Gasteiger partial charge on any atom is -0.493 e. The number of hydrogen-bond donors (Lipinski definition) is 0. The Bertz CT molecular complexity index is 897. The number of rotatable bonds is 8. The number of nitrogens with zero attached hydrogens (tertiary/aromatic N) is 2. The van der Waals surface area contributed by atoms with Gasteiger partial charge < -0.3 is 9.47 Å². The molecule has 1 unspecified atom stereocenters. The van der Waals surface area contributed by atoms with Crippen molar-refractivity contribution < 1.29 is 9.47 Å². The lowest BCUT2D eigenvalue weighted by atomic mass is 9.92. The molecule has 0 saturated carbocycles. The van der Waals surface area contributed by atoms with Crippen molar-refractivity contribution in [3.05, 3.63) is 94.2 Å². The van der Waals surface area contributed by atoms with Crippen molar-refractivity contribution >= 4 is 0 Å². The van der Waals surface area contributed by atoms with Crippen molar-refractivity contribution in [1.29, 1.82) is 0 Å². The molecule has 1 aromatic heterocycles. The number of aryl methyl sites for hydroxylation is 2. The Hall–Kier alpha value is -3.21. The summed E-state index contributed by atoms with van der Waals surface area (Å²) in [6.45, 7) is 0. The largest absolute Gasteiger partial charge is 0.493 e. The van der Waals surface area contributed by atoms with E-state index in [1.165, 1.54) is 0 Å². The molecule has 1 heterocycles. The standard InChI is InChI=1S/C22H22N2O3/c1-26-20-12-10-16(14-21(20)27-2)9-11-17-6-3-4-8-19(17)22(24-25)18-7-5-13-23-15-18/h3-8,10,12-15,22H,9,11H2,1-2H3. The smallest absolute Gasteiger partial charge is 0.160 e. The average molecular weight is 362 g/mol. The van der Waals surface area contributed by atoms with Crippen molar-refractivity contribution in [3.63, 3.8) is 0 Å². The minimum atomic E-state index is -0.555. The van der Waals surface area contributed by atoms with Crippen molar-refractivity contribution in [2.45, 2.75) is 18.9 Å². The monoisotopic (exact) mass is 362 g/mol. The third kappa shape index (κ3) is 4.31. The van der Waals surface area contributed by atoms with E-state index in [1.807, 2.05) is 54.6 Å². The second-order valence-electron chi connectivity index (χ2n) is 6.18. The van der Waals surface area contributed by atoms with Crippen molar-refractivity contribution in [2.24, 2.45) is 5.18 Å². The molecule has 0 bridgehead atoms. The number of aromatic nitrogens is 1. The fraction of sp³-hybridized carbons (Fsp3) is 0.227. The van der Waals surface area contributed by atoms with Crippen LogP contribution in [0.15, 0.2) is 72.2 Å². The highest BCUT2D eigenvalue weighted by Gasteiger charge is 2.18. The summed E-state index contributed by atoms with van der Waals surface area (Å²) in [4.78, 5) is 15.7. The van der Waals surface area contributed by atoms with E-state index in [1.54, 1.807) is 26.6 Å². The van der Waals surface area contributed by atoms with Crippen LogP contribution in [0.1, 0.15) is 28.3 Å². The second kappa shape index (κ2) is 8.94. The van der Waals surface area contributed by atoms with Gasteiger partial charge in [0.25, 0.3) is 0 Å². The summed E-state index contributed by atoms with van der Waals surface area (Å²) in [5.74, 6) is 1.43. The molecule has 0 radical (unpaired) electrons. The van der Waals surface area contributed by atoms with Gasteiger partial charge in [0.1, 0.15) is 6.04 Å². The Morgan fingerprint density at radius 1 is 0.963 bits per heavy atom. The summed E-state index contributed by atoms with van der Waals surface area (Å²) in [6, 6.07) is 17.0. The van der Waals surface area contributed by atoms with Crippen LogP contribution in [0.2, 0.25) is 0 Å². The molecule has 27 heavy (non-hydrogen) atoms. The summed E-state index contributed by atoms with van der Waals surface area (Å²) < 4.78 is 10.7. The molecule has 0 fully saturated rings. The molecular weight excluding hydrogens is 340 g/mol. The van der Waals surface area contributed by atoms with E-state index in [9.17, 15) is 4.91 Å². The molecule has 0 aliphatic heterocycles. The van der Waals surface area contributed by atoms with Gasteiger partial charge in [-0.3, -0.25) is 4.98 Å². The third-order valence-electron chi connectivity index (χ3n) is 4.59. The molecular formula is C22H22N2O3. The molecule has 3 aromatic rings. The van der Waals surface area contributed by atoms with Crippen LogP contribution in [-0.4, -0.2) is 19.2 Å². The number of hydrogen-bond acceptors (Lipinski definition) is 5. The number of ether oxygens (including phenoxy) is 2. The first kappa shape index (κ1) is 18.6. The maximum atomic E-state index is 11.6. The average Bonchev–Trinajstić information content (AvgIpc) is 2.74. The zero-order valence-electron chi connectivity index (χ0n) is 15.5. The van der Waals surface area contributed by atoms with Gasteiger partial charge >= 0.3 is 0 Å². The van der Waals surface area contributed by atoms with Crippen LogP contribution in [0.25, 0.3) is 0 Å². The highest BCUT2D eigenvalue weighted by atomic mass is 16.5. The lowest BCUT2D eigenvalue weighted by molar-refractivity contribution is 0.354. The van der Waals surface area contributed by atoms with Crippen LogP contribution < -0.4 is 9.47 Å². The third-order valence-corrected chi connectivity index (χ3v) is 4.59. The first-order valence-corrected chi connectivity index (χ1v) is 8.78. The second-order valence-corrected chi connectivity index (χ2v) is 6.18. The highest BCUT2D eigenvalue weighted by molar-refractivity contribution is 5.43. The predicted molar refractivity (Wildman–Crippen MR) is 105 cm³/mol. The molecule has 0 aliphatic carbocycles. The number of nitroso groups, excluding NO2 is 1. The first-order chi connectivity index (χ1) is 13.3. The van der Waals surface area contributed by atoms with Gasteiger partial charge in [-0.25, -0.2) is 0 Å². The topological polar surface area (TPSA) is 60.8 Å². The van der Waals surface area contributed by atoms with E-state index in [0.29, 0.717) is 11.5 Å². The van der Waals surface area contributed by atoms with E-state index in [0.717, 1.165) is 35.1 Å². The molecule has 5 heteroatoms. The van der Waals surface area contributed by atoms with E-state index in [4.69, 9.17) is 9.47 Å². The van der Waals surface area contributed by atoms with Crippen molar-refractivity contribution in [3.8, 4) is 11.5 Å². The summed E-state index contributed by atoms with van der Waals surface area (Å²) in [6.07, 6.45) is 4.99. The molecule has 0 N–H and O–H groups in total. The summed E-state index contributed by atoms with van der Waals surface area (Å²) in [5, 5.41) is 3.37. The Balaban J connectivity index is 1.83. The van der Waals surface area contributed by atoms with Gasteiger partial charge in [-0.2, -0.15) is 0 Å². The van der Waals surface area contributed by atoms with Gasteiger partial charge in [0, 0.05) is 18.0 Å². The van der Waals surface area contributed by atoms with E-state index in [2.05, 4.69) is 10.2 Å². The van der Waals surface area contributed by atoms with Crippen LogP contribution in [0.5, 0.6) is 11.5 Å². The van der Waals surface area contributed by atoms with Crippen LogP contribution in [0, 0.1) is 4.91 Å². The molecule has 5 nitrogen and oxygen atoms in total. The molecule has 3 rings (SSSR count). The molecule has 1 atom stereocenters. The van der Waals surface area contributed by atoms with E-state index < -0.39 is 6.04 Å². The van der Waals surface area contributed by atoms with E-state index >= 15 is 0 Å². The number of methoxy groups -OCH3 is 2. The Morgan fingerprint density at radius 2 is 1.78 bits per heavy atom. The predicted octanol–water partition coefficient (Wildman–Crippen LogP) is 4.74. The molecule has 0 spiro atoms. The summed E-state index contributed by atoms with van der Waals surface area (Å²) in [7, 11) is 3.25. The maximum Gasteiger partial charge on any atom is 0.160 e. The van der Waals surface area contributed by atoms with Gasteiger partial charge in [0.05, 0.1) is 14.2 Å². The van der Waals surface area contributed by atoms with Gasteiger partial charge in [-0.05, 0) is 47.7 Å². The Labute approximate surface area is 159 Å². The summed E-state index contributed by atoms with van der Waals surface area (Å²) in [5.41, 5.74) is 3.95. The maximum absolute atomic E-state index is 11.6. The quantitative estimate of drug-likeness (QED) is 0.543. The molecule has 138 valence electrons. The van der Waals surface area contributed by atoms with Gasteiger partial charge in [0.15, 0.2) is 11.5 Å². The summed E-state index contributed by atoms with van der Waals surface area (Å²) >= 11 is 0. The fourth-order valence-electron chi connectivity index (χ4n) is 3.18. The van der Waals surface area contributed by atoms with Crippen LogP contribution in [0.3, 0.4) is 0 Å². The van der Waals surface area contributed by atoms with Crippen molar-refractivity contribution in [1.82, 2.24) is 4.98 Å². The minimum absolute atomic E-state index is 0.555. The van der Waals surface area contributed by atoms with Gasteiger partial charge in [-0.1, -0.05) is 41.6 Å². The van der Waals surface area contributed by atoms with Crippen molar-refractivity contribution in [2.75, 3.05) is 14.2 Å². The molecule has 2 aromatic carbocycles. The fourth-order valence-corrected chi connectivity index (χ4v) is 3.18. The van der Waals surface area contributed by atoms with E-state index in [-0.39, 0.29) is 0 Å². The normalized spacial score (nSPS) is 11.6. The highest BCUT2D eigenvalue weighted by Crippen LogP contribution is 2.30. The molecule has 0 aliphatic rings. The zero-order valence-corrected chi connectivity index (χ0v) is 15.5. The lowest BCUT2D eigenvalue weighted by Gasteiger charge is -2.15. The molecule has 0 amide bonds. The number of pyridine rings is 1. The van der Waals surface area contributed by atoms with Gasteiger partial charge in [-0.15, -0.1) is 4.91 Å². The Kier molecular flexibility index (Phi) is 6.15. The lowest BCUT2D eigenvalue weighted by Crippen LogP contribution is -2.04. The first-order valence-electron chi connectivity index (χ1n) is 8.78. The van der Waals surface area contributed by atoms with Crippen LogP contribution in [-0.2, 0) is 12.8 Å². The van der Waals surface area contributed by atoms with Crippen LogP contribution >= 0.6 is 0 Å². The zero-order chi connectivity index (χ0) is 19.1. The Morgan fingerprint density at radius 3 is 2.48 bits per heavy atom. The van der Waals surface area contributed by atoms with Gasteiger partial charge in [0.2, 0.25) is 0 Å². The SMILES string of the molecule is COc1ccc(CCc2ccccc2C(N=O)c2cccnc2)cc1OC. The number of benzene rings is 2. The van der Waals surface area contributed by atoms with Crippen LogP contribution in [0.4, 0.5) is 0 Å². The molecule has 0 saturated heterocycles.